The first-order valence-corrected chi connectivity index (χ1v) is 11.3. The molecule has 1 aliphatic rings. The maximum absolute atomic E-state index is 15.0. The van der Waals surface area contributed by atoms with Crippen LogP contribution in [0.25, 0.3) is 27.8 Å². The fourth-order valence-corrected chi connectivity index (χ4v) is 4.43. The molecule has 3 aromatic heterocycles. The van der Waals surface area contributed by atoms with E-state index >= 15 is 0 Å². The Morgan fingerprint density at radius 1 is 0.919 bits per heavy atom. The summed E-state index contributed by atoms with van der Waals surface area (Å²) in [4.78, 5) is 28.4. The third-order valence-electron chi connectivity index (χ3n) is 6.19. The fourth-order valence-electron chi connectivity index (χ4n) is 4.43. The molecule has 5 aromatic rings. The van der Waals surface area contributed by atoms with Gasteiger partial charge in [-0.2, -0.15) is 0 Å². The number of piperazine rings is 1. The van der Waals surface area contributed by atoms with Crippen molar-refractivity contribution in [1.82, 2.24) is 29.7 Å². The average Bonchev–Trinajstić information content (AvgIpc) is 3.36. The molecule has 2 aromatic carbocycles. The number of imidazole rings is 1. The third kappa shape index (κ3) is 4.02. The molecular formula is C24H18F4N8O. The van der Waals surface area contributed by atoms with E-state index in [1.165, 1.54) is 23.0 Å². The minimum Gasteiger partial charge on any atom is -0.367 e. The highest BCUT2D eigenvalue weighted by Gasteiger charge is 2.20. The number of hydrogen-bond donors (Lipinski definition) is 3. The lowest BCUT2D eigenvalue weighted by molar-refractivity contribution is 0.559. The first-order chi connectivity index (χ1) is 17.9. The SMILES string of the molecule is O=c1[nH]c2cncn2c2cc(-c3nc(Nc4cc(F)c(N5CCNCC5)cc4F)ncc3F)cc(F)c12. The molecule has 0 saturated carbocycles. The van der Waals surface area contributed by atoms with Gasteiger partial charge in [0.2, 0.25) is 5.95 Å². The molecule has 3 N–H and O–H groups in total. The van der Waals surface area contributed by atoms with E-state index in [1.54, 1.807) is 4.90 Å². The number of halogens is 4. The number of aromatic amines is 1. The van der Waals surface area contributed by atoms with Gasteiger partial charge in [-0.25, -0.2) is 32.5 Å². The molecule has 0 aliphatic carbocycles. The van der Waals surface area contributed by atoms with Crippen LogP contribution in [0.3, 0.4) is 0 Å². The van der Waals surface area contributed by atoms with Crippen LogP contribution in [0.4, 0.5) is 34.9 Å². The lowest BCUT2D eigenvalue weighted by Gasteiger charge is -2.30. The predicted octanol–water partition coefficient (Wildman–Crippen LogP) is 3.34. The summed E-state index contributed by atoms with van der Waals surface area (Å²) in [6, 6.07) is 4.43. The number of fused-ring (bicyclic) bond motifs is 3. The zero-order valence-electron chi connectivity index (χ0n) is 19.0. The minimum absolute atomic E-state index is 0.00857. The Labute approximate surface area is 205 Å². The molecule has 1 fully saturated rings. The molecule has 0 unspecified atom stereocenters. The van der Waals surface area contributed by atoms with Crippen molar-refractivity contribution >= 4 is 33.9 Å². The van der Waals surface area contributed by atoms with Gasteiger partial charge in [-0.1, -0.05) is 0 Å². The Balaban J connectivity index is 1.39. The van der Waals surface area contributed by atoms with Crippen LogP contribution in [0.1, 0.15) is 0 Å². The largest absolute Gasteiger partial charge is 0.367 e. The van der Waals surface area contributed by atoms with Crippen molar-refractivity contribution in [3.63, 3.8) is 0 Å². The van der Waals surface area contributed by atoms with Crippen LogP contribution < -0.4 is 21.1 Å². The molecule has 13 heteroatoms. The predicted molar refractivity (Wildman–Crippen MR) is 129 cm³/mol. The van der Waals surface area contributed by atoms with Gasteiger partial charge in [0.25, 0.3) is 5.56 Å². The summed E-state index contributed by atoms with van der Waals surface area (Å²) in [6.45, 7) is 2.38. The van der Waals surface area contributed by atoms with E-state index < -0.39 is 28.8 Å². The summed E-state index contributed by atoms with van der Waals surface area (Å²) >= 11 is 0. The maximum atomic E-state index is 15.0. The fraction of sp³-hybridized carbons (Fsp3) is 0.167. The van der Waals surface area contributed by atoms with E-state index in [0.717, 1.165) is 24.4 Å². The minimum atomic E-state index is -0.895. The molecule has 0 spiro atoms. The highest BCUT2D eigenvalue weighted by molar-refractivity contribution is 5.86. The van der Waals surface area contributed by atoms with Crippen molar-refractivity contribution in [1.29, 1.82) is 0 Å². The first kappa shape index (κ1) is 22.9. The average molecular weight is 510 g/mol. The van der Waals surface area contributed by atoms with Gasteiger partial charge in [-0.3, -0.25) is 9.20 Å². The second-order valence-corrected chi connectivity index (χ2v) is 8.49. The van der Waals surface area contributed by atoms with Gasteiger partial charge in [0.15, 0.2) is 5.82 Å². The van der Waals surface area contributed by atoms with Gasteiger partial charge in [0.1, 0.15) is 35.1 Å². The third-order valence-corrected chi connectivity index (χ3v) is 6.19. The van der Waals surface area contributed by atoms with Gasteiger partial charge < -0.3 is 20.5 Å². The van der Waals surface area contributed by atoms with Gasteiger partial charge >= 0.3 is 0 Å². The van der Waals surface area contributed by atoms with Crippen LogP contribution in [0.2, 0.25) is 0 Å². The highest BCUT2D eigenvalue weighted by Crippen LogP contribution is 2.30. The zero-order valence-corrected chi connectivity index (χ0v) is 19.0. The summed E-state index contributed by atoms with van der Waals surface area (Å²) in [6.07, 6.45) is 3.60. The monoisotopic (exact) mass is 510 g/mol. The standard InChI is InChI=1S/C24H18F4N8O/c25-13-8-18(35-3-1-29-2-4-35)14(26)7-17(13)32-24-31-9-16(28)22(34-24)12-5-15(27)21-19(6-12)36-11-30-10-20(36)33-23(21)37/h5-11,29H,1-4H2,(H,33,37)(H,31,32,34). The Hall–Kier alpha value is -4.52. The number of nitrogens with zero attached hydrogens (tertiary/aromatic N) is 5. The summed E-state index contributed by atoms with van der Waals surface area (Å²) in [5, 5.41) is 5.48. The van der Waals surface area contributed by atoms with Gasteiger partial charge in [0.05, 0.1) is 34.7 Å². The van der Waals surface area contributed by atoms with E-state index in [-0.39, 0.29) is 39.5 Å². The number of anilines is 3. The van der Waals surface area contributed by atoms with Crippen LogP contribution in [-0.2, 0) is 0 Å². The second kappa shape index (κ2) is 8.85. The molecular weight excluding hydrogens is 492 g/mol. The Kier molecular flexibility index (Phi) is 5.48. The molecule has 188 valence electrons. The lowest BCUT2D eigenvalue weighted by Crippen LogP contribution is -2.43. The van der Waals surface area contributed by atoms with E-state index in [4.69, 9.17) is 0 Å². The summed E-state index contributed by atoms with van der Waals surface area (Å²) in [5.74, 6) is -3.39. The van der Waals surface area contributed by atoms with Crippen molar-refractivity contribution in [2.75, 3.05) is 36.4 Å². The van der Waals surface area contributed by atoms with E-state index in [0.29, 0.717) is 31.8 Å². The molecule has 0 bridgehead atoms. The normalized spacial score (nSPS) is 14.0. The van der Waals surface area contributed by atoms with E-state index in [9.17, 15) is 22.4 Å². The number of aromatic nitrogens is 5. The lowest BCUT2D eigenvalue weighted by atomic mass is 10.1. The number of nitrogens with one attached hydrogen (secondary N) is 3. The topological polar surface area (TPSA) is 103 Å². The number of hydrogen-bond acceptors (Lipinski definition) is 7. The van der Waals surface area contributed by atoms with Crippen LogP contribution in [0, 0.1) is 23.3 Å². The van der Waals surface area contributed by atoms with Crippen molar-refractivity contribution in [3.8, 4) is 11.3 Å². The van der Waals surface area contributed by atoms with Crippen molar-refractivity contribution < 1.29 is 17.6 Å². The molecule has 0 amide bonds. The smallest absolute Gasteiger partial charge is 0.261 e. The summed E-state index contributed by atoms with van der Waals surface area (Å²) < 4.78 is 60.8. The maximum Gasteiger partial charge on any atom is 0.261 e. The molecule has 9 nitrogen and oxygen atoms in total. The Morgan fingerprint density at radius 2 is 1.73 bits per heavy atom. The molecule has 37 heavy (non-hydrogen) atoms. The molecule has 0 radical (unpaired) electrons. The summed E-state index contributed by atoms with van der Waals surface area (Å²) in [7, 11) is 0. The van der Waals surface area contributed by atoms with Crippen molar-refractivity contribution in [3.05, 3.63) is 76.6 Å². The van der Waals surface area contributed by atoms with Gasteiger partial charge in [-0.15, -0.1) is 0 Å². The Morgan fingerprint density at radius 3 is 2.54 bits per heavy atom. The molecule has 1 saturated heterocycles. The van der Waals surface area contributed by atoms with Crippen molar-refractivity contribution in [2.24, 2.45) is 0 Å². The number of benzene rings is 2. The molecule has 6 rings (SSSR count). The number of rotatable bonds is 4. The quantitative estimate of drug-likeness (QED) is 0.319. The van der Waals surface area contributed by atoms with E-state index in [1.807, 2.05) is 0 Å². The van der Waals surface area contributed by atoms with Crippen LogP contribution in [0.15, 0.2) is 47.8 Å². The van der Waals surface area contributed by atoms with Crippen LogP contribution >= 0.6 is 0 Å². The summed E-state index contributed by atoms with van der Waals surface area (Å²) in [5.41, 5.74) is -0.599. The van der Waals surface area contributed by atoms with E-state index in [2.05, 4.69) is 30.6 Å². The van der Waals surface area contributed by atoms with Crippen molar-refractivity contribution in [2.45, 2.75) is 0 Å². The Bertz CT molecular complexity index is 1730. The van der Waals surface area contributed by atoms with Crippen LogP contribution in [0.5, 0.6) is 0 Å². The van der Waals surface area contributed by atoms with Crippen LogP contribution in [-0.4, -0.2) is 50.5 Å². The van der Waals surface area contributed by atoms with Gasteiger partial charge in [0, 0.05) is 43.9 Å². The highest BCUT2D eigenvalue weighted by atomic mass is 19.1. The molecule has 1 aliphatic heterocycles. The molecule has 0 atom stereocenters. The molecule has 4 heterocycles. The number of H-pyrrole nitrogens is 1. The second-order valence-electron chi connectivity index (χ2n) is 8.49. The van der Waals surface area contributed by atoms with Gasteiger partial charge in [-0.05, 0) is 12.1 Å². The zero-order chi connectivity index (χ0) is 25.7. The first-order valence-electron chi connectivity index (χ1n) is 11.3.